The molecule has 1 aromatic heterocycles. The third-order valence-electron chi connectivity index (χ3n) is 7.89. The number of fused-ring (bicyclic) bond motifs is 1. The average molecular weight is 713 g/mol. The minimum atomic E-state index is -0.998. The molecule has 0 bridgehead atoms. The van der Waals surface area contributed by atoms with Crippen LogP contribution >= 0.6 is 24.0 Å². The Bertz CT molecular complexity index is 1640. The second-order valence-corrected chi connectivity index (χ2v) is 12.7. The standard InChI is InChI=1S/C32H40ClF2N7O5.ClH/c1-17(36-5)29(43)41-27(32(2,3)4)31(45)42-11-7-8-23(42)30(44)40-22-14-18-21(15-24(22)47-13-12-46-6)37-16-38-28(18)39-20-10-9-19(34)25(33)26(20)35;/h9-10,14-17,23,27,36H,7-8,11-13H2,1-6H3,(H,40,44)(H,41,43)(H,37,38,39);1H/t17-,23?,27+;/m0./s1. The molecule has 1 unspecified atom stereocenters. The zero-order chi connectivity index (χ0) is 34.5. The van der Waals surface area contributed by atoms with E-state index in [1.807, 2.05) is 20.8 Å². The van der Waals surface area contributed by atoms with E-state index in [0.717, 1.165) is 6.07 Å². The summed E-state index contributed by atoms with van der Waals surface area (Å²) in [7, 11) is 3.18. The van der Waals surface area contributed by atoms with Crippen molar-refractivity contribution >= 4 is 69.8 Å². The highest BCUT2D eigenvalue weighted by Crippen LogP contribution is 2.36. The van der Waals surface area contributed by atoms with Gasteiger partial charge in [-0.1, -0.05) is 32.4 Å². The van der Waals surface area contributed by atoms with Crippen LogP contribution < -0.4 is 26.0 Å². The van der Waals surface area contributed by atoms with Crippen LogP contribution in [0.3, 0.4) is 0 Å². The lowest BCUT2D eigenvalue weighted by Gasteiger charge is -2.36. The molecule has 2 aromatic carbocycles. The molecule has 48 heavy (non-hydrogen) atoms. The number of ether oxygens (including phenoxy) is 2. The van der Waals surface area contributed by atoms with E-state index in [9.17, 15) is 23.2 Å². The molecule has 12 nitrogen and oxygen atoms in total. The van der Waals surface area contributed by atoms with Crippen molar-refractivity contribution in [2.75, 3.05) is 44.5 Å². The molecule has 0 radical (unpaired) electrons. The molecule has 0 aliphatic carbocycles. The number of hydrogen-bond acceptors (Lipinski definition) is 9. The number of carbonyl (C=O) groups excluding carboxylic acids is 3. The van der Waals surface area contributed by atoms with Crippen LogP contribution in [0, 0.1) is 17.0 Å². The fraction of sp³-hybridized carbons (Fsp3) is 0.469. The third kappa shape index (κ3) is 8.78. The molecule has 4 rings (SSSR count). The topological polar surface area (TPSA) is 147 Å². The van der Waals surface area contributed by atoms with Gasteiger partial charge in [0.2, 0.25) is 17.7 Å². The van der Waals surface area contributed by atoms with Gasteiger partial charge in [0.15, 0.2) is 5.82 Å². The van der Waals surface area contributed by atoms with Gasteiger partial charge in [0.25, 0.3) is 0 Å². The molecule has 0 spiro atoms. The molecular weight excluding hydrogens is 671 g/mol. The number of likely N-dealkylation sites (tertiary alicyclic amines) is 1. The van der Waals surface area contributed by atoms with E-state index in [0.29, 0.717) is 30.3 Å². The summed E-state index contributed by atoms with van der Waals surface area (Å²) < 4.78 is 39.5. The van der Waals surface area contributed by atoms with Crippen LogP contribution in [0.4, 0.5) is 26.0 Å². The number of carbonyl (C=O) groups is 3. The van der Waals surface area contributed by atoms with E-state index >= 15 is 0 Å². The van der Waals surface area contributed by atoms with E-state index in [1.165, 1.54) is 24.4 Å². The SMILES string of the molecule is CN[C@@H](C)C(=O)N[C@H](C(=O)N1CCCC1C(=O)Nc1cc2c(Nc3ccc(F)c(Cl)c3F)ncnc2cc1OCCOC)C(C)(C)C.Cl. The third-order valence-corrected chi connectivity index (χ3v) is 8.24. The largest absolute Gasteiger partial charge is 0.489 e. The second kappa shape index (κ2) is 16.5. The Hall–Kier alpha value is -3.85. The first kappa shape index (κ1) is 38.6. The number of likely N-dealkylation sites (N-methyl/N-ethyl adjacent to an activating group) is 1. The van der Waals surface area contributed by atoms with Gasteiger partial charge in [0.05, 0.1) is 29.5 Å². The molecule has 0 saturated carbocycles. The van der Waals surface area contributed by atoms with Crippen molar-refractivity contribution in [3.05, 3.63) is 47.2 Å². The molecule has 3 amide bonds. The van der Waals surface area contributed by atoms with Crippen molar-refractivity contribution in [1.29, 1.82) is 0 Å². The number of nitrogens with one attached hydrogen (secondary N) is 4. The Balaban J connectivity index is 0.00000625. The number of aromatic nitrogens is 2. The number of benzene rings is 2. The normalized spacial score (nSPS) is 15.8. The van der Waals surface area contributed by atoms with Gasteiger partial charge in [-0.25, -0.2) is 18.7 Å². The first-order chi connectivity index (χ1) is 22.3. The summed E-state index contributed by atoms with van der Waals surface area (Å²) in [5.74, 6) is -2.62. The summed E-state index contributed by atoms with van der Waals surface area (Å²) in [5, 5.41) is 11.2. The van der Waals surface area contributed by atoms with E-state index in [-0.39, 0.29) is 60.4 Å². The zero-order valence-electron chi connectivity index (χ0n) is 27.6. The summed E-state index contributed by atoms with van der Waals surface area (Å²) in [6.07, 6.45) is 2.25. The van der Waals surface area contributed by atoms with Crippen molar-refractivity contribution in [3.63, 3.8) is 0 Å². The lowest BCUT2D eigenvalue weighted by molar-refractivity contribution is -0.143. The Kier molecular flexibility index (Phi) is 13.3. The van der Waals surface area contributed by atoms with Crippen molar-refractivity contribution in [2.24, 2.45) is 5.41 Å². The molecule has 1 aliphatic heterocycles. The number of hydrogen-bond donors (Lipinski definition) is 4. The Morgan fingerprint density at radius 1 is 1.12 bits per heavy atom. The second-order valence-electron chi connectivity index (χ2n) is 12.3. The smallest absolute Gasteiger partial charge is 0.247 e. The maximum Gasteiger partial charge on any atom is 0.247 e. The molecule has 1 fully saturated rings. The minimum Gasteiger partial charge on any atom is -0.489 e. The number of anilines is 3. The molecule has 16 heteroatoms. The Labute approximate surface area is 289 Å². The number of nitrogens with zero attached hydrogens (tertiary/aromatic N) is 3. The predicted molar refractivity (Wildman–Crippen MR) is 182 cm³/mol. The Morgan fingerprint density at radius 3 is 2.52 bits per heavy atom. The van der Waals surface area contributed by atoms with Gasteiger partial charge in [0.1, 0.15) is 47.4 Å². The first-order valence-electron chi connectivity index (χ1n) is 15.2. The number of halogens is 4. The highest BCUT2D eigenvalue weighted by Gasteiger charge is 2.42. The van der Waals surface area contributed by atoms with Crippen molar-refractivity contribution in [3.8, 4) is 5.75 Å². The van der Waals surface area contributed by atoms with Crippen LogP contribution in [-0.4, -0.2) is 84.6 Å². The van der Waals surface area contributed by atoms with E-state index in [1.54, 1.807) is 26.1 Å². The van der Waals surface area contributed by atoms with Crippen molar-refractivity contribution < 1.29 is 32.6 Å². The Morgan fingerprint density at radius 2 is 1.85 bits per heavy atom. The van der Waals surface area contributed by atoms with Gasteiger partial charge in [-0.15, -0.1) is 12.4 Å². The highest BCUT2D eigenvalue weighted by atomic mass is 35.5. The van der Waals surface area contributed by atoms with Gasteiger partial charge < -0.3 is 35.6 Å². The zero-order valence-corrected chi connectivity index (χ0v) is 29.2. The number of amides is 3. The van der Waals surface area contributed by atoms with Crippen LogP contribution in [0.25, 0.3) is 10.9 Å². The summed E-state index contributed by atoms with van der Waals surface area (Å²) in [6.45, 7) is 8.01. The van der Waals surface area contributed by atoms with Crippen LogP contribution in [0.5, 0.6) is 5.75 Å². The van der Waals surface area contributed by atoms with Crippen LogP contribution in [-0.2, 0) is 19.1 Å². The average Bonchev–Trinajstić information content (AvgIpc) is 3.53. The molecule has 3 aromatic rings. The molecular formula is C32H41Cl2F2N7O5. The first-order valence-corrected chi connectivity index (χ1v) is 15.5. The maximum absolute atomic E-state index is 14.7. The lowest BCUT2D eigenvalue weighted by Crippen LogP contribution is -2.59. The van der Waals surface area contributed by atoms with E-state index in [4.69, 9.17) is 21.1 Å². The highest BCUT2D eigenvalue weighted by molar-refractivity contribution is 6.31. The summed E-state index contributed by atoms with van der Waals surface area (Å²) in [5.41, 5.74) is -0.106. The van der Waals surface area contributed by atoms with Gasteiger partial charge in [-0.3, -0.25) is 14.4 Å². The van der Waals surface area contributed by atoms with Crippen LogP contribution in [0.2, 0.25) is 5.02 Å². The lowest BCUT2D eigenvalue weighted by atomic mass is 9.85. The monoisotopic (exact) mass is 711 g/mol. The number of rotatable bonds is 12. The van der Waals surface area contributed by atoms with E-state index in [2.05, 4.69) is 31.2 Å². The quantitative estimate of drug-likeness (QED) is 0.153. The fourth-order valence-corrected chi connectivity index (χ4v) is 5.28. The summed E-state index contributed by atoms with van der Waals surface area (Å²) >= 11 is 5.77. The molecule has 4 N–H and O–H groups in total. The van der Waals surface area contributed by atoms with Gasteiger partial charge >= 0.3 is 0 Å². The van der Waals surface area contributed by atoms with Gasteiger partial charge in [-0.05, 0) is 50.4 Å². The van der Waals surface area contributed by atoms with Gasteiger partial charge in [0, 0.05) is 25.1 Å². The molecule has 1 aliphatic rings. The fourth-order valence-electron chi connectivity index (χ4n) is 5.12. The summed E-state index contributed by atoms with van der Waals surface area (Å²) in [4.78, 5) is 50.5. The van der Waals surface area contributed by atoms with Crippen LogP contribution in [0.1, 0.15) is 40.5 Å². The summed E-state index contributed by atoms with van der Waals surface area (Å²) in [6, 6.07) is 3.15. The van der Waals surface area contributed by atoms with Crippen molar-refractivity contribution in [1.82, 2.24) is 25.5 Å². The molecule has 262 valence electrons. The van der Waals surface area contributed by atoms with Crippen molar-refractivity contribution in [2.45, 2.75) is 58.7 Å². The van der Waals surface area contributed by atoms with Crippen LogP contribution in [0.15, 0.2) is 30.6 Å². The molecule has 3 atom stereocenters. The molecule has 1 saturated heterocycles. The maximum atomic E-state index is 14.7. The minimum absolute atomic E-state index is 0. The predicted octanol–water partition coefficient (Wildman–Crippen LogP) is 4.82. The van der Waals surface area contributed by atoms with E-state index < -0.39 is 46.1 Å². The number of methoxy groups -OCH3 is 1. The molecule has 2 heterocycles. The van der Waals surface area contributed by atoms with Gasteiger partial charge in [-0.2, -0.15) is 0 Å².